The van der Waals surface area contributed by atoms with Crippen LogP contribution in [-0.4, -0.2) is 16.2 Å². The molecular formula is C13H12N2OS. The first-order chi connectivity index (χ1) is 8.22. The first-order valence-corrected chi connectivity index (χ1v) is 6.27. The number of anilines is 1. The molecule has 1 atom stereocenters. The van der Waals surface area contributed by atoms with Gasteiger partial charge in [-0.2, -0.15) is 0 Å². The predicted octanol–water partition coefficient (Wildman–Crippen LogP) is 2.58. The quantitative estimate of drug-likeness (QED) is 0.758. The Balaban J connectivity index is 2.04. The number of aliphatic hydroxyl groups excluding tert-OH is 1. The van der Waals surface area contributed by atoms with E-state index in [9.17, 15) is 5.11 Å². The van der Waals surface area contributed by atoms with Crippen molar-refractivity contribution in [3.63, 3.8) is 0 Å². The van der Waals surface area contributed by atoms with Gasteiger partial charge in [0, 0.05) is 11.3 Å². The molecule has 17 heavy (non-hydrogen) atoms. The van der Waals surface area contributed by atoms with Crippen molar-refractivity contribution in [3.05, 3.63) is 41.4 Å². The Morgan fingerprint density at radius 3 is 3.06 bits per heavy atom. The molecule has 1 aliphatic rings. The van der Waals surface area contributed by atoms with Gasteiger partial charge in [0.05, 0.1) is 16.3 Å². The molecule has 3 rings (SSSR count). The number of fused-ring (bicyclic) bond motifs is 1. The number of rotatable bonds is 1. The van der Waals surface area contributed by atoms with E-state index >= 15 is 0 Å². The van der Waals surface area contributed by atoms with Crippen LogP contribution in [0.1, 0.15) is 11.4 Å². The van der Waals surface area contributed by atoms with Crippen molar-refractivity contribution >= 4 is 32.8 Å². The highest BCUT2D eigenvalue weighted by Crippen LogP contribution is 2.30. The number of thiazole rings is 1. The Morgan fingerprint density at radius 2 is 2.29 bits per heavy atom. The molecule has 0 aliphatic heterocycles. The van der Waals surface area contributed by atoms with E-state index in [1.165, 1.54) is 0 Å². The fourth-order valence-electron chi connectivity index (χ4n) is 1.83. The summed E-state index contributed by atoms with van der Waals surface area (Å²) in [5.74, 6) is 0. The fourth-order valence-corrected chi connectivity index (χ4v) is 2.87. The van der Waals surface area contributed by atoms with Gasteiger partial charge in [-0.1, -0.05) is 18.2 Å². The Bertz CT molecular complexity index is 627. The molecule has 0 saturated carbocycles. The maximum atomic E-state index is 9.39. The number of allylic oxidation sites excluding steroid dienone is 2. The van der Waals surface area contributed by atoms with E-state index in [2.05, 4.69) is 4.98 Å². The lowest BCUT2D eigenvalue weighted by Gasteiger charge is -2.08. The SMILES string of the molecule is Nc1ccc2nc(C3=CCC(O)C=C3)sc2c1. The van der Waals surface area contributed by atoms with E-state index in [-0.39, 0.29) is 6.10 Å². The third-order valence-electron chi connectivity index (χ3n) is 2.74. The zero-order valence-corrected chi connectivity index (χ0v) is 9.95. The van der Waals surface area contributed by atoms with E-state index < -0.39 is 0 Å². The van der Waals surface area contributed by atoms with Gasteiger partial charge in [0.1, 0.15) is 5.01 Å². The maximum absolute atomic E-state index is 9.39. The van der Waals surface area contributed by atoms with Gasteiger partial charge < -0.3 is 10.8 Å². The Kier molecular flexibility index (Phi) is 2.46. The summed E-state index contributed by atoms with van der Waals surface area (Å²) in [4.78, 5) is 4.56. The summed E-state index contributed by atoms with van der Waals surface area (Å²) in [7, 11) is 0. The van der Waals surface area contributed by atoms with Crippen molar-refractivity contribution in [1.29, 1.82) is 0 Å². The van der Waals surface area contributed by atoms with Crippen molar-refractivity contribution in [1.82, 2.24) is 4.98 Å². The molecule has 0 bridgehead atoms. The van der Waals surface area contributed by atoms with Gasteiger partial charge in [-0.15, -0.1) is 11.3 Å². The monoisotopic (exact) mass is 244 g/mol. The standard InChI is InChI=1S/C13H12N2OS/c14-9-3-6-11-12(7-9)17-13(15-11)8-1-4-10(16)5-2-8/h1-4,6-7,10,16H,5,14H2. The molecular weight excluding hydrogens is 232 g/mol. The van der Waals surface area contributed by atoms with Crippen LogP contribution in [-0.2, 0) is 0 Å². The van der Waals surface area contributed by atoms with Crippen LogP contribution in [0.2, 0.25) is 0 Å². The summed E-state index contributed by atoms with van der Waals surface area (Å²) >= 11 is 1.63. The van der Waals surface area contributed by atoms with Gasteiger partial charge in [-0.25, -0.2) is 4.98 Å². The van der Waals surface area contributed by atoms with Crippen molar-refractivity contribution in [2.75, 3.05) is 5.73 Å². The smallest absolute Gasteiger partial charge is 0.124 e. The summed E-state index contributed by atoms with van der Waals surface area (Å²) in [6.07, 6.45) is 6.05. The molecule has 2 aromatic rings. The van der Waals surface area contributed by atoms with Gasteiger partial charge in [0.25, 0.3) is 0 Å². The highest BCUT2D eigenvalue weighted by Gasteiger charge is 2.11. The zero-order valence-electron chi connectivity index (χ0n) is 9.13. The minimum atomic E-state index is -0.358. The topological polar surface area (TPSA) is 59.1 Å². The second kappa shape index (κ2) is 3.98. The Morgan fingerprint density at radius 1 is 1.41 bits per heavy atom. The molecule has 0 spiro atoms. The number of aromatic nitrogens is 1. The van der Waals surface area contributed by atoms with Gasteiger partial charge in [0.2, 0.25) is 0 Å². The molecule has 1 aromatic heterocycles. The highest BCUT2D eigenvalue weighted by molar-refractivity contribution is 7.19. The molecule has 86 valence electrons. The first kappa shape index (κ1) is 10.5. The third-order valence-corrected chi connectivity index (χ3v) is 3.80. The fraction of sp³-hybridized carbons (Fsp3) is 0.154. The predicted molar refractivity (Wildman–Crippen MR) is 71.8 cm³/mol. The van der Waals surface area contributed by atoms with Crippen molar-refractivity contribution in [2.45, 2.75) is 12.5 Å². The zero-order chi connectivity index (χ0) is 11.8. The maximum Gasteiger partial charge on any atom is 0.124 e. The number of nitrogens with two attached hydrogens (primary N) is 1. The van der Waals surface area contributed by atoms with E-state index in [0.29, 0.717) is 6.42 Å². The summed E-state index contributed by atoms with van der Waals surface area (Å²) in [6.45, 7) is 0. The van der Waals surface area contributed by atoms with Crippen LogP contribution in [0.5, 0.6) is 0 Å². The lowest BCUT2D eigenvalue weighted by atomic mass is 10.1. The largest absolute Gasteiger partial charge is 0.399 e. The Hall–Kier alpha value is -1.65. The summed E-state index contributed by atoms with van der Waals surface area (Å²) in [5, 5.41) is 10.4. The molecule has 3 N–H and O–H groups in total. The normalized spacial score (nSPS) is 19.6. The second-order valence-electron chi connectivity index (χ2n) is 4.07. The van der Waals surface area contributed by atoms with Gasteiger partial charge in [-0.05, 0) is 24.6 Å². The first-order valence-electron chi connectivity index (χ1n) is 5.45. The molecule has 1 aliphatic carbocycles. The van der Waals surface area contributed by atoms with E-state index in [4.69, 9.17) is 5.73 Å². The van der Waals surface area contributed by atoms with E-state index in [0.717, 1.165) is 26.5 Å². The summed E-state index contributed by atoms with van der Waals surface area (Å²) in [6, 6.07) is 5.74. The molecule has 4 heteroatoms. The average Bonchev–Trinajstić information content (AvgIpc) is 2.72. The molecule has 1 unspecified atom stereocenters. The van der Waals surface area contributed by atoms with Crippen LogP contribution in [0.3, 0.4) is 0 Å². The van der Waals surface area contributed by atoms with Gasteiger partial charge in [0.15, 0.2) is 0 Å². The molecule has 0 radical (unpaired) electrons. The highest BCUT2D eigenvalue weighted by atomic mass is 32.1. The number of nitrogens with zero attached hydrogens (tertiary/aromatic N) is 1. The van der Waals surface area contributed by atoms with Crippen molar-refractivity contribution in [3.8, 4) is 0 Å². The minimum Gasteiger partial charge on any atom is -0.399 e. The van der Waals surface area contributed by atoms with E-state index in [1.54, 1.807) is 17.4 Å². The number of hydrogen-bond donors (Lipinski definition) is 2. The molecule has 0 saturated heterocycles. The number of aliphatic hydroxyl groups is 1. The third kappa shape index (κ3) is 1.97. The van der Waals surface area contributed by atoms with Crippen LogP contribution in [0, 0.1) is 0 Å². The van der Waals surface area contributed by atoms with Gasteiger partial charge in [-0.3, -0.25) is 0 Å². The Labute approximate surface area is 103 Å². The van der Waals surface area contributed by atoms with Crippen molar-refractivity contribution < 1.29 is 5.11 Å². The van der Waals surface area contributed by atoms with Gasteiger partial charge >= 0.3 is 0 Å². The lowest BCUT2D eigenvalue weighted by molar-refractivity contribution is 0.226. The minimum absolute atomic E-state index is 0.358. The summed E-state index contributed by atoms with van der Waals surface area (Å²) < 4.78 is 1.10. The van der Waals surface area contributed by atoms with Crippen LogP contribution >= 0.6 is 11.3 Å². The molecule has 1 heterocycles. The lowest BCUT2D eigenvalue weighted by Crippen LogP contribution is -2.03. The van der Waals surface area contributed by atoms with Crippen LogP contribution in [0.4, 0.5) is 5.69 Å². The summed E-state index contributed by atoms with van der Waals surface area (Å²) in [5.41, 5.74) is 8.56. The molecule has 0 fully saturated rings. The molecule has 0 amide bonds. The van der Waals surface area contributed by atoms with Crippen molar-refractivity contribution in [2.24, 2.45) is 0 Å². The second-order valence-corrected chi connectivity index (χ2v) is 5.10. The van der Waals surface area contributed by atoms with Crippen LogP contribution < -0.4 is 5.73 Å². The van der Waals surface area contributed by atoms with Crippen LogP contribution in [0.25, 0.3) is 15.8 Å². The average molecular weight is 244 g/mol. The number of nitrogen functional groups attached to an aromatic ring is 1. The number of benzene rings is 1. The van der Waals surface area contributed by atoms with E-state index in [1.807, 2.05) is 30.4 Å². The number of hydrogen-bond acceptors (Lipinski definition) is 4. The molecule has 3 nitrogen and oxygen atoms in total. The van der Waals surface area contributed by atoms with Crippen LogP contribution in [0.15, 0.2) is 36.4 Å². The molecule has 1 aromatic carbocycles.